The number of benzene rings is 2. The van der Waals surface area contributed by atoms with Gasteiger partial charge < -0.3 is 5.32 Å². The maximum absolute atomic E-state index is 3.57. The molecule has 1 unspecified atom stereocenters. The fourth-order valence-corrected chi connectivity index (χ4v) is 1.75. The van der Waals surface area contributed by atoms with E-state index in [0.717, 1.165) is 0 Å². The number of anilines is 1. The Morgan fingerprint density at radius 2 is 1.59 bits per heavy atom. The second-order valence-electron chi connectivity index (χ2n) is 5.79. The summed E-state index contributed by atoms with van der Waals surface area (Å²) in [6.45, 7) is 9.00. The highest BCUT2D eigenvalue weighted by Gasteiger charge is 2.19. The Kier molecular flexibility index (Phi) is 3.10. The van der Waals surface area contributed by atoms with E-state index in [-0.39, 0.29) is 5.41 Å². The van der Waals surface area contributed by atoms with Gasteiger partial charge in [-0.25, -0.2) is 0 Å². The highest BCUT2D eigenvalue weighted by Crippen LogP contribution is 2.25. The molecule has 0 saturated heterocycles. The third kappa shape index (κ3) is 2.79. The highest BCUT2D eigenvalue weighted by molar-refractivity contribution is 5.85. The molecule has 90 valence electrons. The van der Waals surface area contributed by atoms with Gasteiger partial charge in [0.25, 0.3) is 0 Å². The predicted molar refractivity (Wildman–Crippen MR) is 76.5 cm³/mol. The number of fused-ring (bicyclic) bond motifs is 1. The molecule has 1 N–H and O–H groups in total. The molecule has 0 aliphatic carbocycles. The van der Waals surface area contributed by atoms with E-state index >= 15 is 0 Å². The number of nitrogens with one attached hydrogen (secondary N) is 1. The van der Waals surface area contributed by atoms with Crippen molar-refractivity contribution in [1.29, 1.82) is 0 Å². The van der Waals surface area contributed by atoms with Gasteiger partial charge in [-0.1, -0.05) is 51.1 Å². The predicted octanol–water partition coefficient (Wildman–Crippen LogP) is 4.69. The molecule has 0 spiro atoms. The van der Waals surface area contributed by atoms with E-state index in [1.54, 1.807) is 0 Å². The third-order valence-corrected chi connectivity index (χ3v) is 3.43. The lowest BCUT2D eigenvalue weighted by molar-refractivity contribution is 0.359. The molecule has 0 heterocycles. The summed E-state index contributed by atoms with van der Waals surface area (Å²) < 4.78 is 0. The minimum atomic E-state index is 0.269. The number of rotatable bonds is 2. The molecule has 0 fully saturated rings. The fourth-order valence-electron chi connectivity index (χ4n) is 1.75. The summed E-state index contributed by atoms with van der Waals surface area (Å²) in [6.07, 6.45) is 0. The van der Waals surface area contributed by atoms with Crippen molar-refractivity contribution in [3.05, 3.63) is 42.5 Å². The molecule has 0 bridgehead atoms. The molecule has 2 aromatic carbocycles. The van der Waals surface area contributed by atoms with E-state index < -0.39 is 0 Å². The van der Waals surface area contributed by atoms with E-state index in [0.29, 0.717) is 6.04 Å². The Bertz CT molecular complexity index is 508. The Labute approximate surface area is 104 Å². The zero-order chi connectivity index (χ0) is 12.5. The van der Waals surface area contributed by atoms with Crippen LogP contribution in [0.3, 0.4) is 0 Å². The third-order valence-electron chi connectivity index (χ3n) is 3.43. The first kappa shape index (κ1) is 12.0. The Morgan fingerprint density at radius 1 is 0.941 bits per heavy atom. The standard InChI is InChI=1S/C16H21N/c1-12(16(2,3)4)17-15-10-9-13-7-5-6-8-14(13)11-15/h5-12,17H,1-4H3. The molecule has 0 radical (unpaired) electrons. The topological polar surface area (TPSA) is 12.0 Å². The molecule has 0 aromatic heterocycles. The van der Waals surface area contributed by atoms with Crippen molar-refractivity contribution < 1.29 is 0 Å². The van der Waals surface area contributed by atoms with Crippen LogP contribution in [-0.2, 0) is 0 Å². The van der Waals surface area contributed by atoms with Gasteiger partial charge in [0.1, 0.15) is 0 Å². The minimum absolute atomic E-state index is 0.269. The molecule has 2 aromatic rings. The SMILES string of the molecule is CC(Nc1ccc2ccccc2c1)C(C)(C)C. The molecule has 0 saturated carbocycles. The van der Waals surface area contributed by atoms with Crippen LogP contribution < -0.4 is 5.32 Å². The second-order valence-corrected chi connectivity index (χ2v) is 5.79. The number of hydrogen-bond acceptors (Lipinski definition) is 1. The first-order valence-electron chi connectivity index (χ1n) is 6.22. The van der Waals surface area contributed by atoms with Crippen LogP contribution >= 0.6 is 0 Å². The molecule has 1 atom stereocenters. The fraction of sp³-hybridized carbons (Fsp3) is 0.375. The van der Waals surface area contributed by atoms with Crippen LogP contribution in [0.2, 0.25) is 0 Å². The molecule has 1 heteroatoms. The van der Waals surface area contributed by atoms with Crippen molar-refractivity contribution in [3.8, 4) is 0 Å². The van der Waals surface area contributed by atoms with Crippen molar-refractivity contribution in [1.82, 2.24) is 0 Å². The van der Waals surface area contributed by atoms with Gasteiger partial charge in [0.15, 0.2) is 0 Å². The normalized spacial score (nSPS) is 13.6. The highest BCUT2D eigenvalue weighted by atomic mass is 14.9. The lowest BCUT2D eigenvalue weighted by Gasteiger charge is -2.29. The molecular formula is C16H21N. The van der Waals surface area contributed by atoms with Crippen molar-refractivity contribution in [2.24, 2.45) is 5.41 Å². The Balaban J connectivity index is 2.25. The summed E-state index contributed by atoms with van der Waals surface area (Å²) in [5.41, 5.74) is 1.47. The smallest absolute Gasteiger partial charge is 0.0348 e. The van der Waals surface area contributed by atoms with E-state index in [4.69, 9.17) is 0 Å². The maximum atomic E-state index is 3.57. The van der Waals surface area contributed by atoms with Gasteiger partial charge in [-0.05, 0) is 35.2 Å². The van der Waals surface area contributed by atoms with Gasteiger partial charge >= 0.3 is 0 Å². The monoisotopic (exact) mass is 227 g/mol. The first-order chi connectivity index (χ1) is 7.97. The van der Waals surface area contributed by atoms with Crippen LogP contribution in [0.25, 0.3) is 10.8 Å². The van der Waals surface area contributed by atoms with Gasteiger partial charge in [0.2, 0.25) is 0 Å². The Hall–Kier alpha value is -1.50. The van der Waals surface area contributed by atoms with E-state index in [1.807, 2.05) is 0 Å². The van der Waals surface area contributed by atoms with Crippen LogP contribution in [0.5, 0.6) is 0 Å². The second kappa shape index (κ2) is 4.40. The van der Waals surface area contributed by atoms with Crippen molar-refractivity contribution in [3.63, 3.8) is 0 Å². The summed E-state index contributed by atoms with van der Waals surface area (Å²) in [5, 5.41) is 6.16. The van der Waals surface area contributed by atoms with Crippen LogP contribution in [0.1, 0.15) is 27.7 Å². The molecule has 17 heavy (non-hydrogen) atoms. The van der Waals surface area contributed by atoms with Crippen LogP contribution in [-0.4, -0.2) is 6.04 Å². The first-order valence-corrected chi connectivity index (χ1v) is 6.22. The Morgan fingerprint density at radius 3 is 2.24 bits per heavy atom. The van der Waals surface area contributed by atoms with Gasteiger partial charge in [0, 0.05) is 11.7 Å². The van der Waals surface area contributed by atoms with Gasteiger partial charge in [-0.15, -0.1) is 0 Å². The molecule has 0 aliphatic heterocycles. The van der Waals surface area contributed by atoms with Crippen LogP contribution in [0.4, 0.5) is 5.69 Å². The van der Waals surface area contributed by atoms with Crippen molar-refractivity contribution >= 4 is 16.5 Å². The molecule has 0 aliphatic rings. The summed E-state index contributed by atoms with van der Waals surface area (Å²) in [4.78, 5) is 0. The van der Waals surface area contributed by atoms with Crippen molar-refractivity contribution in [2.45, 2.75) is 33.7 Å². The van der Waals surface area contributed by atoms with Crippen LogP contribution in [0.15, 0.2) is 42.5 Å². The molecule has 0 amide bonds. The zero-order valence-electron chi connectivity index (χ0n) is 11.1. The summed E-state index contributed by atoms with van der Waals surface area (Å²) in [7, 11) is 0. The van der Waals surface area contributed by atoms with Crippen molar-refractivity contribution in [2.75, 3.05) is 5.32 Å². The van der Waals surface area contributed by atoms with E-state index in [2.05, 4.69) is 75.5 Å². The lowest BCUT2D eigenvalue weighted by Crippen LogP contribution is -2.30. The van der Waals surface area contributed by atoms with E-state index in [9.17, 15) is 0 Å². The average molecular weight is 227 g/mol. The zero-order valence-corrected chi connectivity index (χ0v) is 11.1. The van der Waals surface area contributed by atoms with Gasteiger partial charge in [-0.3, -0.25) is 0 Å². The molecule has 1 nitrogen and oxygen atoms in total. The average Bonchev–Trinajstić information content (AvgIpc) is 2.27. The summed E-state index contributed by atoms with van der Waals surface area (Å²) >= 11 is 0. The molecule has 2 rings (SSSR count). The van der Waals surface area contributed by atoms with E-state index in [1.165, 1.54) is 16.5 Å². The van der Waals surface area contributed by atoms with Gasteiger partial charge in [0.05, 0.1) is 0 Å². The quantitative estimate of drug-likeness (QED) is 0.785. The number of hydrogen-bond donors (Lipinski definition) is 1. The summed E-state index contributed by atoms with van der Waals surface area (Å²) in [6, 6.07) is 15.5. The van der Waals surface area contributed by atoms with Crippen LogP contribution in [0, 0.1) is 5.41 Å². The molecular weight excluding hydrogens is 206 g/mol. The lowest BCUT2D eigenvalue weighted by atomic mass is 9.88. The minimum Gasteiger partial charge on any atom is -0.382 e. The van der Waals surface area contributed by atoms with Gasteiger partial charge in [-0.2, -0.15) is 0 Å². The maximum Gasteiger partial charge on any atom is 0.0348 e. The largest absolute Gasteiger partial charge is 0.382 e. The summed E-state index contributed by atoms with van der Waals surface area (Å²) in [5.74, 6) is 0.